The Kier molecular flexibility index (Phi) is 4.40. The molecule has 0 aromatic heterocycles. The zero-order valence-electron chi connectivity index (χ0n) is 12.9. The van der Waals surface area contributed by atoms with E-state index in [0.29, 0.717) is 17.9 Å². The summed E-state index contributed by atoms with van der Waals surface area (Å²) >= 11 is 0. The van der Waals surface area contributed by atoms with Gasteiger partial charge in [0.2, 0.25) is 10.0 Å². The van der Waals surface area contributed by atoms with Gasteiger partial charge in [-0.1, -0.05) is 17.7 Å². The van der Waals surface area contributed by atoms with Crippen LogP contribution in [0.25, 0.3) is 0 Å². The Hall–Kier alpha value is -1.38. The van der Waals surface area contributed by atoms with Gasteiger partial charge in [-0.2, -0.15) is 5.26 Å². The minimum absolute atomic E-state index is 0.166. The number of hydrogen-bond acceptors (Lipinski definition) is 3. The molecule has 0 bridgehead atoms. The number of nitrogens with zero attached hydrogens (tertiary/aromatic N) is 1. The van der Waals surface area contributed by atoms with E-state index < -0.39 is 10.0 Å². The van der Waals surface area contributed by atoms with Crippen LogP contribution in [0.15, 0.2) is 17.0 Å². The van der Waals surface area contributed by atoms with Gasteiger partial charge in [0.15, 0.2) is 0 Å². The van der Waals surface area contributed by atoms with E-state index in [-0.39, 0.29) is 5.41 Å². The predicted molar refractivity (Wildman–Crippen MR) is 82.4 cm³/mol. The summed E-state index contributed by atoms with van der Waals surface area (Å²) < 4.78 is 27.5. The fraction of sp³-hybridized carbons (Fsp3) is 0.562. The van der Waals surface area contributed by atoms with Crippen molar-refractivity contribution in [1.82, 2.24) is 4.72 Å². The second-order valence-electron chi connectivity index (χ2n) is 6.12. The first-order chi connectivity index (χ1) is 9.80. The van der Waals surface area contributed by atoms with E-state index in [1.165, 1.54) is 0 Å². The average molecular weight is 306 g/mol. The molecule has 21 heavy (non-hydrogen) atoms. The number of hydrogen-bond donors (Lipinski definition) is 1. The fourth-order valence-electron chi connectivity index (χ4n) is 2.86. The Morgan fingerprint density at radius 2 is 1.81 bits per heavy atom. The molecule has 4 nitrogen and oxygen atoms in total. The van der Waals surface area contributed by atoms with Crippen molar-refractivity contribution in [2.24, 2.45) is 5.41 Å². The lowest BCUT2D eigenvalue weighted by atomic mass is 10.0. The van der Waals surface area contributed by atoms with Crippen molar-refractivity contribution in [1.29, 1.82) is 5.26 Å². The van der Waals surface area contributed by atoms with Crippen molar-refractivity contribution in [2.45, 2.75) is 51.3 Å². The lowest BCUT2D eigenvalue weighted by Gasteiger charge is -2.13. The third-order valence-electron chi connectivity index (χ3n) is 4.09. The normalized spacial score (nSPS) is 16.5. The summed E-state index contributed by atoms with van der Waals surface area (Å²) in [7, 11) is -3.48. The molecule has 0 amide bonds. The number of nitriles is 1. The Balaban J connectivity index is 2.01. The van der Waals surface area contributed by atoms with Gasteiger partial charge in [0.1, 0.15) is 0 Å². The Morgan fingerprint density at radius 1 is 1.24 bits per heavy atom. The quantitative estimate of drug-likeness (QED) is 0.821. The molecule has 0 unspecified atom stereocenters. The summed E-state index contributed by atoms with van der Waals surface area (Å²) in [6, 6.07) is 6.10. The summed E-state index contributed by atoms with van der Waals surface area (Å²) in [5.74, 6) is 0. The van der Waals surface area contributed by atoms with Gasteiger partial charge in [0.05, 0.1) is 16.4 Å². The van der Waals surface area contributed by atoms with Crippen molar-refractivity contribution in [3.05, 3.63) is 28.8 Å². The molecule has 1 aliphatic rings. The van der Waals surface area contributed by atoms with Crippen LogP contribution in [0.2, 0.25) is 0 Å². The molecule has 1 aromatic carbocycles. The van der Waals surface area contributed by atoms with Crippen molar-refractivity contribution >= 4 is 10.0 Å². The third kappa shape index (κ3) is 3.63. The molecule has 0 aliphatic heterocycles. The monoisotopic (exact) mass is 306 g/mol. The Morgan fingerprint density at radius 3 is 2.29 bits per heavy atom. The summed E-state index contributed by atoms with van der Waals surface area (Å²) in [5, 5.41) is 9.00. The first-order valence-corrected chi connectivity index (χ1v) is 8.77. The molecule has 1 aliphatic carbocycles. The van der Waals surface area contributed by atoms with Gasteiger partial charge in [-0.25, -0.2) is 13.1 Å². The van der Waals surface area contributed by atoms with Crippen LogP contribution in [0.5, 0.6) is 0 Å². The van der Waals surface area contributed by atoms with E-state index in [0.717, 1.165) is 36.0 Å². The lowest BCUT2D eigenvalue weighted by molar-refractivity contribution is 0.543. The Bertz CT molecular complexity index is 660. The van der Waals surface area contributed by atoms with E-state index in [4.69, 9.17) is 5.26 Å². The summed E-state index contributed by atoms with van der Waals surface area (Å²) in [6.45, 7) is 5.99. The van der Waals surface area contributed by atoms with Crippen molar-refractivity contribution in [3.63, 3.8) is 0 Å². The number of sulfonamides is 1. The first-order valence-electron chi connectivity index (χ1n) is 7.28. The molecule has 1 fully saturated rings. The van der Waals surface area contributed by atoms with Crippen LogP contribution >= 0.6 is 0 Å². The van der Waals surface area contributed by atoms with Gasteiger partial charge in [0, 0.05) is 6.54 Å². The molecule has 1 aromatic rings. The molecular formula is C16H22N2O2S. The average Bonchev–Trinajstić information content (AvgIpc) is 3.13. The number of nitrogens with one attached hydrogen (secondary N) is 1. The van der Waals surface area contributed by atoms with Crippen molar-refractivity contribution in [2.75, 3.05) is 6.54 Å². The second-order valence-corrected chi connectivity index (χ2v) is 7.83. The number of benzene rings is 1. The molecule has 2 rings (SSSR count). The van der Waals surface area contributed by atoms with Crippen LogP contribution < -0.4 is 4.72 Å². The summed E-state index contributed by atoms with van der Waals surface area (Å²) in [4.78, 5) is 0.384. The SMILES string of the molecule is Cc1cc(C)c(S(=O)(=O)NCCCC2(C#N)CC2)c(C)c1. The van der Waals surface area contributed by atoms with Crippen LogP contribution in [-0.4, -0.2) is 15.0 Å². The zero-order valence-corrected chi connectivity index (χ0v) is 13.7. The number of rotatable bonds is 6. The van der Waals surface area contributed by atoms with E-state index in [1.54, 1.807) is 0 Å². The lowest BCUT2D eigenvalue weighted by Crippen LogP contribution is -2.26. The van der Waals surface area contributed by atoms with Crippen LogP contribution in [-0.2, 0) is 10.0 Å². The van der Waals surface area contributed by atoms with Crippen LogP contribution in [0.1, 0.15) is 42.4 Å². The van der Waals surface area contributed by atoms with E-state index in [9.17, 15) is 8.42 Å². The minimum Gasteiger partial charge on any atom is -0.211 e. The van der Waals surface area contributed by atoms with Gasteiger partial charge in [-0.3, -0.25) is 0 Å². The van der Waals surface area contributed by atoms with Crippen LogP contribution in [0.4, 0.5) is 0 Å². The molecule has 114 valence electrons. The smallest absolute Gasteiger partial charge is 0.211 e. The van der Waals surface area contributed by atoms with E-state index >= 15 is 0 Å². The van der Waals surface area contributed by atoms with Gasteiger partial charge >= 0.3 is 0 Å². The molecule has 1 N–H and O–H groups in total. The topological polar surface area (TPSA) is 70.0 Å². The molecule has 0 atom stereocenters. The maximum Gasteiger partial charge on any atom is 0.241 e. The van der Waals surface area contributed by atoms with Crippen LogP contribution in [0, 0.1) is 37.5 Å². The molecule has 1 saturated carbocycles. The maximum atomic E-state index is 12.4. The van der Waals surface area contributed by atoms with Gasteiger partial charge < -0.3 is 0 Å². The fourth-order valence-corrected chi connectivity index (χ4v) is 4.39. The maximum absolute atomic E-state index is 12.4. The van der Waals surface area contributed by atoms with Gasteiger partial charge in [-0.15, -0.1) is 0 Å². The molecule has 0 radical (unpaired) electrons. The van der Waals surface area contributed by atoms with Crippen molar-refractivity contribution in [3.8, 4) is 6.07 Å². The molecule has 0 spiro atoms. The summed E-state index contributed by atoms with van der Waals surface area (Å²) in [5.41, 5.74) is 2.45. The second kappa shape index (κ2) is 5.78. The molecule has 5 heteroatoms. The summed E-state index contributed by atoms with van der Waals surface area (Å²) in [6.07, 6.45) is 3.38. The van der Waals surface area contributed by atoms with Gasteiger partial charge in [0.25, 0.3) is 0 Å². The number of aryl methyl sites for hydroxylation is 3. The van der Waals surface area contributed by atoms with E-state index in [2.05, 4.69) is 10.8 Å². The predicted octanol–water partition coefficient (Wildman–Crippen LogP) is 2.97. The third-order valence-corrected chi connectivity index (χ3v) is 5.85. The highest BCUT2D eigenvalue weighted by atomic mass is 32.2. The zero-order chi connectivity index (χ0) is 15.7. The highest BCUT2D eigenvalue weighted by molar-refractivity contribution is 7.89. The van der Waals surface area contributed by atoms with E-state index in [1.807, 2.05) is 32.9 Å². The highest BCUT2D eigenvalue weighted by Gasteiger charge is 2.42. The van der Waals surface area contributed by atoms with Gasteiger partial charge in [-0.05, 0) is 57.6 Å². The first kappa shape index (κ1) is 16.0. The molecular weight excluding hydrogens is 284 g/mol. The standard InChI is InChI=1S/C16H22N2O2S/c1-12-9-13(2)15(14(3)10-12)21(19,20)18-8-4-5-16(11-17)6-7-16/h9-10,18H,4-8H2,1-3H3. The largest absolute Gasteiger partial charge is 0.241 e. The molecule has 0 saturated heterocycles. The van der Waals surface area contributed by atoms with Crippen LogP contribution in [0.3, 0.4) is 0 Å². The highest BCUT2D eigenvalue weighted by Crippen LogP contribution is 2.48. The van der Waals surface area contributed by atoms with Crippen molar-refractivity contribution < 1.29 is 8.42 Å². The molecule has 0 heterocycles. The Labute approximate surface area is 127 Å². The minimum atomic E-state index is -3.48.